The summed E-state index contributed by atoms with van der Waals surface area (Å²) in [5.41, 5.74) is 2.50. The molecule has 0 radical (unpaired) electrons. The summed E-state index contributed by atoms with van der Waals surface area (Å²) in [6.07, 6.45) is 26.7. The number of fused-ring (bicyclic) bond motifs is 6. The molecule has 56 heavy (non-hydrogen) atoms. The van der Waals surface area contributed by atoms with Gasteiger partial charge in [0.15, 0.2) is 11.5 Å². The van der Waals surface area contributed by atoms with Gasteiger partial charge in [-0.15, -0.1) is 45.3 Å². The van der Waals surface area contributed by atoms with Gasteiger partial charge in [-0.25, -0.2) is 0 Å². The molecule has 298 valence electrons. The van der Waals surface area contributed by atoms with E-state index in [1.807, 2.05) is 45.3 Å². The molecule has 4 heterocycles. The smallest absolute Gasteiger partial charge is 0.155 e. The summed E-state index contributed by atoms with van der Waals surface area (Å²) in [4.78, 5) is 2.53. The molecule has 0 spiro atoms. The molecule has 0 saturated carbocycles. The van der Waals surface area contributed by atoms with Crippen LogP contribution in [0, 0.1) is 0 Å². The molecule has 0 N–H and O–H groups in total. The summed E-state index contributed by atoms with van der Waals surface area (Å²) in [6.45, 7) is 6.16. The van der Waals surface area contributed by atoms with Crippen molar-refractivity contribution in [3.63, 3.8) is 0 Å². The third-order valence-electron chi connectivity index (χ3n) is 11.2. The lowest BCUT2D eigenvalue weighted by Crippen LogP contribution is -1.97. The van der Waals surface area contributed by atoms with E-state index in [1.54, 1.807) is 0 Å². The number of thiophene rings is 4. The van der Waals surface area contributed by atoms with Gasteiger partial charge in [0, 0.05) is 20.2 Å². The van der Waals surface area contributed by atoms with Gasteiger partial charge in [-0.05, 0) is 36.1 Å². The van der Waals surface area contributed by atoms with Crippen LogP contribution in [-0.4, -0.2) is 13.2 Å². The fourth-order valence-corrected chi connectivity index (χ4v) is 13.4. The second-order valence-electron chi connectivity index (χ2n) is 15.7. The molecule has 6 heteroatoms. The molecule has 0 amide bonds. The van der Waals surface area contributed by atoms with Crippen LogP contribution in [0.4, 0.5) is 0 Å². The zero-order chi connectivity index (χ0) is 38.4. The number of hydrogen-bond donors (Lipinski definition) is 0. The summed E-state index contributed by atoms with van der Waals surface area (Å²) in [5.74, 6) is 2.18. The van der Waals surface area contributed by atoms with Crippen molar-refractivity contribution in [3.05, 3.63) is 72.8 Å². The van der Waals surface area contributed by atoms with Crippen LogP contribution in [0.2, 0.25) is 0 Å². The molecule has 0 saturated heterocycles. The Morgan fingerprint density at radius 3 is 1.07 bits per heavy atom. The van der Waals surface area contributed by atoms with Gasteiger partial charge in [-0.1, -0.05) is 190 Å². The van der Waals surface area contributed by atoms with Gasteiger partial charge in [-0.3, -0.25) is 0 Å². The SMILES string of the molecule is CCCCCCCCCCCCOc1c(-c2ccccc2)sc2c1sc1cc3c(cc12)sc1c(OCCCCCCCCCCCC)c(-c2ccccc2)sc13. The minimum absolute atomic E-state index is 0.783. The lowest BCUT2D eigenvalue weighted by molar-refractivity contribution is 0.310. The van der Waals surface area contributed by atoms with Gasteiger partial charge in [0.05, 0.1) is 41.8 Å². The van der Waals surface area contributed by atoms with Gasteiger partial charge in [0.1, 0.15) is 0 Å². The van der Waals surface area contributed by atoms with Crippen LogP contribution in [0.15, 0.2) is 72.8 Å². The molecular formula is C50H62O2S4. The van der Waals surface area contributed by atoms with Crippen LogP contribution in [0.1, 0.15) is 142 Å². The van der Waals surface area contributed by atoms with E-state index in [-0.39, 0.29) is 0 Å². The Morgan fingerprint density at radius 1 is 0.375 bits per heavy atom. The number of hydrogen-bond acceptors (Lipinski definition) is 6. The van der Waals surface area contributed by atoms with Crippen molar-refractivity contribution in [2.24, 2.45) is 0 Å². The largest absolute Gasteiger partial charge is 0.491 e. The average molecular weight is 823 g/mol. The third kappa shape index (κ3) is 10.4. The van der Waals surface area contributed by atoms with Gasteiger partial charge in [0.2, 0.25) is 0 Å². The van der Waals surface area contributed by atoms with E-state index in [9.17, 15) is 0 Å². The summed E-state index contributed by atoms with van der Waals surface area (Å²) < 4.78 is 21.6. The quantitative estimate of drug-likeness (QED) is 0.0507. The first-order chi connectivity index (χ1) is 27.8. The lowest BCUT2D eigenvalue weighted by atomic mass is 10.1. The topological polar surface area (TPSA) is 18.5 Å². The van der Waals surface area contributed by atoms with Crippen molar-refractivity contribution in [3.8, 4) is 32.4 Å². The molecule has 0 fully saturated rings. The molecular weight excluding hydrogens is 761 g/mol. The van der Waals surface area contributed by atoms with E-state index in [0.29, 0.717) is 0 Å². The number of unbranched alkanes of at least 4 members (excludes halogenated alkanes) is 18. The standard InChI is InChI=1S/C50H62O2S4/c1-3-5-7-9-11-13-15-17-19-27-33-51-43-45(37-29-23-21-24-30-37)55-47-39-35-42-40(36-41(39)53-49(43)47)48-50(54-42)44(46(56-48)38-31-25-22-26-32-38)52-34-28-20-18-16-14-12-10-8-6-4-2/h21-26,29-32,35-36H,3-20,27-28,33-34H2,1-2H3. The Kier molecular flexibility index (Phi) is 16.0. The van der Waals surface area contributed by atoms with Crippen molar-refractivity contribution in [2.45, 2.75) is 142 Å². The van der Waals surface area contributed by atoms with Crippen LogP contribution < -0.4 is 9.47 Å². The van der Waals surface area contributed by atoms with Gasteiger partial charge in [0.25, 0.3) is 0 Å². The molecule has 0 atom stereocenters. The highest BCUT2D eigenvalue weighted by Crippen LogP contribution is 2.55. The first-order valence-corrected chi connectivity index (χ1v) is 25.3. The average Bonchev–Trinajstić information content (AvgIpc) is 3.97. The minimum Gasteiger partial charge on any atom is -0.491 e. The van der Waals surface area contributed by atoms with E-state index < -0.39 is 0 Å². The van der Waals surface area contributed by atoms with Crippen LogP contribution in [0.25, 0.3) is 59.9 Å². The molecule has 0 aliphatic carbocycles. The zero-order valence-electron chi connectivity index (χ0n) is 33.9. The van der Waals surface area contributed by atoms with Crippen LogP contribution in [0.3, 0.4) is 0 Å². The van der Waals surface area contributed by atoms with E-state index in [2.05, 4.69) is 86.6 Å². The molecule has 0 aliphatic rings. The molecule has 0 aliphatic heterocycles. The number of rotatable bonds is 26. The predicted octanol–water partition coefficient (Wildman–Crippen LogP) is 18.5. The zero-order valence-corrected chi connectivity index (χ0v) is 37.2. The Hall–Kier alpha value is -2.90. The fraction of sp³-hybridized carbons (Fsp3) is 0.480. The highest BCUT2D eigenvalue weighted by atomic mass is 32.1. The molecule has 3 aromatic carbocycles. The van der Waals surface area contributed by atoms with E-state index >= 15 is 0 Å². The van der Waals surface area contributed by atoms with Crippen molar-refractivity contribution in [1.29, 1.82) is 0 Å². The molecule has 0 unspecified atom stereocenters. The first-order valence-electron chi connectivity index (χ1n) is 22.0. The van der Waals surface area contributed by atoms with Gasteiger partial charge >= 0.3 is 0 Å². The van der Waals surface area contributed by atoms with E-state index in [1.165, 1.54) is 175 Å². The Morgan fingerprint density at radius 2 is 0.714 bits per heavy atom. The maximum atomic E-state index is 6.76. The fourth-order valence-electron chi connectivity index (χ4n) is 7.99. The molecule has 4 aromatic heterocycles. The predicted molar refractivity (Wildman–Crippen MR) is 254 cm³/mol. The Balaban J connectivity index is 1.08. The normalized spacial score (nSPS) is 11.9. The number of benzene rings is 3. The molecule has 2 nitrogen and oxygen atoms in total. The maximum absolute atomic E-state index is 6.76. The third-order valence-corrected chi connectivity index (χ3v) is 16.3. The number of ether oxygens (including phenoxy) is 2. The summed E-state index contributed by atoms with van der Waals surface area (Å²) in [6, 6.07) is 26.7. The highest BCUT2D eigenvalue weighted by molar-refractivity contribution is 7.36. The van der Waals surface area contributed by atoms with Crippen molar-refractivity contribution >= 4 is 84.3 Å². The van der Waals surface area contributed by atoms with E-state index in [0.717, 1.165) is 37.6 Å². The van der Waals surface area contributed by atoms with E-state index in [4.69, 9.17) is 9.47 Å². The van der Waals surface area contributed by atoms with Crippen molar-refractivity contribution in [2.75, 3.05) is 13.2 Å². The highest BCUT2D eigenvalue weighted by Gasteiger charge is 2.24. The maximum Gasteiger partial charge on any atom is 0.155 e. The monoisotopic (exact) mass is 822 g/mol. The second-order valence-corrected chi connectivity index (χ2v) is 19.8. The van der Waals surface area contributed by atoms with Crippen LogP contribution in [0.5, 0.6) is 11.5 Å². The molecule has 7 aromatic rings. The Labute approximate surface area is 352 Å². The summed E-state index contributed by atoms with van der Waals surface area (Å²) in [7, 11) is 0. The second kappa shape index (κ2) is 21.7. The first kappa shape index (κ1) is 41.3. The van der Waals surface area contributed by atoms with Crippen molar-refractivity contribution < 1.29 is 9.47 Å². The Bertz CT molecular complexity index is 2050. The molecule has 0 bridgehead atoms. The van der Waals surface area contributed by atoms with Crippen molar-refractivity contribution in [1.82, 2.24) is 0 Å². The van der Waals surface area contributed by atoms with Gasteiger partial charge in [-0.2, -0.15) is 0 Å². The summed E-state index contributed by atoms with van der Waals surface area (Å²) >= 11 is 7.65. The minimum atomic E-state index is 0.783. The van der Waals surface area contributed by atoms with Crippen LogP contribution in [-0.2, 0) is 0 Å². The molecule has 7 rings (SSSR count). The summed E-state index contributed by atoms with van der Waals surface area (Å²) in [5, 5.41) is 2.72. The van der Waals surface area contributed by atoms with Crippen LogP contribution >= 0.6 is 45.3 Å². The van der Waals surface area contributed by atoms with Gasteiger partial charge < -0.3 is 9.47 Å². The lowest BCUT2D eigenvalue weighted by Gasteiger charge is -2.08.